The fourth-order valence-electron chi connectivity index (χ4n) is 3.51. The van der Waals surface area contributed by atoms with Gasteiger partial charge < -0.3 is 4.57 Å². The summed E-state index contributed by atoms with van der Waals surface area (Å²) in [5.74, 6) is 0. The monoisotopic (exact) mass is 371 g/mol. The number of rotatable bonds is 4. The fraction of sp³-hybridized carbons (Fsp3) is 0.250. The third-order valence-electron chi connectivity index (χ3n) is 4.83. The van der Waals surface area contributed by atoms with Crippen molar-refractivity contribution < 1.29 is 0 Å². The second-order valence-corrected chi connectivity index (χ2v) is 7.37. The molecule has 3 nitrogen and oxygen atoms in total. The van der Waals surface area contributed by atoms with Crippen LogP contribution in [0.15, 0.2) is 61.2 Å². The molecule has 0 spiro atoms. The van der Waals surface area contributed by atoms with E-state index in [2.05, 4.69) is 38.7 Å². The molecule has 4 rings (SSSR count). The Morgan fingerprint density at radius 3 is 2.68 bits per heavy atom. The van der Waals surface area contributed by atoms with Crippen LogP contribution < -0.4 is 0 Å². The van der Waals surface area contributed by atoms with Crippen LogP contribution in [0.2, 0.25) is 10.0 Å². The Kier molecular flexibility index (Phi) is 4.80. The van der Waals surface area contributed by atoms with Gasteiger partial charge in [0.25, 0.3) is 0 Å². The molecule has 1 aromatic heterocycles. The quantitative estimate of drug-likeness (QED) is 0.655. The minimum atomic E-state index is 0.399. The average Bonchev–Trinajstić information content (AvgIpc) is 3.11. The van der Waals surface area contributed by atoms with Crippen LogP contribution in [-0.2, 0) is 26.1 Å². The van der Waals surface area contributed by atoms with Gasteiger partial charge in [-0.25, -0.2) is 4.98 Å². The molecule has 0 amide bonds. The highest BCUT2D eigenvalue weighted by molar-refractivity contribution is 6.35. The molecule has 0 fully saturated rings. The van der Waals surface area contributed by atoms with E-state index in [1.165, 1.54) is 11.1 Å². The van der Waals surface area contributed by atoms with Gasteiger partial charge in [-0.2, -0.15) is 0 Å². The van der Waals surface area contributed by atoms with E-state index in [0.717, 1.165) is 36.6 Å². The molecule has 0 N–H and O–H groups in total. The number of aromatic nitrogens is 2. The van der Waals surface area contributed by atoms with Gasteiger partial charge in [-0.15, -0.1) is 0 Å². The molecule has 2 heterocycles. The van der Waals surface area contributed by atoms with Gasteiger partial charge in [-0.1, -0.05) is 53.5 Å². The standard InChI is InChI=1S/C20H19Cl2N3/c21-18-6-5-17(20(22)10-18)12-25-11-16-4-2-1-3-15(16)9-19(25)13-24-8-7-23-14-24/h1-8,10,14,19H,9,11-13H2/t19-/m0/s1. The van der Waals surface area contributed by atoms with Gasteiger partial charge in [0.1, 0.15) is 0 Å². The maximum Gasteiger partial charge on any atom is 0.0946 e. The Hall–Kier alpha value is -1.81. The van der Waals surface area contributed by atoms with Crippen LogP contribution in [0.5, 0.6) is 0 Å². The first-order valence-electron chi connectivity index (χ1n) is 8.39. The second-order valence-electron chi connectivity index (χ2n) is 6.53. The summed E-state index contributed by atoms with van der Waals surface area (Å²) in [6, 6.07) is 14.9. The second kappa shape index (κ2) is 7.20. The van der Waals surface area contributed by atoms with E-state index < -0.39 is 0 Å². The number of hydrogen-bond acceptors (Lipinski definition) is 2. The zero-order valence-corrected chi connectivity index (χ0v) is 15.3. The lowest BCUT2D eigenvalue weighted by Crippen LogP contribution is -2.42. The zero-order valence-electron chi connectivity index (χ0n) is 13.8. The molecule has 0 saturated heterocycles. The first-order valence-corrected chi connectivity index (χ1v) is 9.15. The van der Waals surface area contributed by atoms with E-state index in [1.54, 1.807) is 0 Å². The molecular weight excluding hydrogens is 353 g/mol. The minimum absolute atomic E-state index is 0.399. The summed E-state index contributed by atoms with van der Waals surface area (Å²) < 4.78 is 2.15. The summed E-state index contributed by atoms with van der Waals surface area (Å²) in [7, 11) is 0. The molecule has 25 heavy (non-hydrogen) atoms. The van der Waals surface area contributed by atoms with Crippen LogP contribution in [0, 0.1) is 0 Å². The lowest BCUT2D eigenvalue weighted by atomic mass is 9.93. The molecule has 5 heteroatoms. The Labute approximate surface area is 157 Å². The van der Waals surface area contributed by atoms with E-state index in [1.807, 2.05) is 36.9 Å². The van der Waals surface area contributed by atoms with Crippen molar-refractivity contribution in [1.82, 2.24) is 14.5 Å². The van der Waals surface area contributed by atoms with Crippen LogP contribution in [0.1, 0.15) is 16.7 Å². The highest BCUT2D eigenvalue weighted by Gasteiger charge is 2.26. The maximum atomic E-state index is 6.41. The maximum absolute atomic E-state index is 6.41. The fourth-order valence-corrected chi connectivity index (χ4v) is 3.98. The number of benzene rings is 2. The number of halogens is 2. The van der Waals surface area contributed by atoms with E-state index in [9.17, 15) is 0 Å². The lowest BCUT2D eigenvalue weighted by molar-refractivity contribution is 0.146. The molecule has 1 atom stereocenters. The zero-order chi connectivity index (χ0) is 17.2. The van der Waals surface area contributed by atoms with Crippen molar-refractivity contribution >= 4 is 23.2 Å². The summed E-state index contributed by atoms with van der Waals surface area (Å²) in [6.45, 7) is 2.65. The van der Waals surface area contributed by atoms with Crippen LogP contribution in [0.25, 0.3) is 0 Å². The molecule has 3 aromatic rings. The van der Waals surface area contributed by atoms with Crippen LogP contribution >= 0.6 is 23.2 Å². The van der Waals surface area contributed by atoms with E-state index in [-0.39, 0.29) is 0 Å². The average molecular weight is 372 g/mol. The van der Waals surface area contributed by atoms with Crippen molar-refractivity contribution in [3.63, 3.8) is 0 Å². The predicted octanol–water partition coefficient (Wildman–Crippen LogP) is 4.82. The lowest BCUT2D eigenvalue weighted by Gasteiger charge is -2.37. The Balaban J connectivity index is 1.62. The highest BCUT2D eigenvalue weighted by Crippen LogP contribution is 2.28. The van der Waals surface area contributed by atoms with Crippen LogP contribution in [0.3, 0.4) is 0 Å². The third-order valence-corrected chi connectivity index (χ3v) is 5.42. The van der Waals surface area contributed by atoms with E-state index in [4.69, 9.17) is 23.2 Å². The molecule has 0 aliphatic carbocycles. The number of nitrogens with zero attached hydrogens (tertiary/aromatic N) is 3. The number of hydrogen-bond donors (Lipinski definition) is 0. The highest BCUT2D eigenvalue weighted by atomic mass is 35.5. The summed E-state index contributed by atoms with van der Waals surface area (Å²) in [5.41, 5.74) is 3.95. The van der Waals surface area contributed by atoms with Gasteiger partial charge in [0, 0.05) is 48.1 Å². The topological polar surface area (TPSA) is 21.1 Å². The first-order chi connectivity index (χ1) is 12.2. The first kappa shape index (κ1) is 16.6. The summed E-state index contributed by atoms with van der Waals surface area (Å²) in [6.07, 6.45) is 6.76. The Morgan fingerprint density at radius 2 is 1.92 bits per heavy atom. The van der Waals surface area contributed by atoms with Gasteiger partial charge in [-0.3, -0.25) is 4.90 Å². The van der Waals surface area contributed by atoms with Crippen molar-refractivity contribution in [2.75, 3.05) is 0 Å². The number of imidazole rings is 1. The van der Waals surface area contributed by atoms with E-state index >= 15 is 0 Å². The van der Waals surface area contributed by atoms with Crippen LogP contribution in [0.4, 0.5) is 0 Å². The molecule has 128 valence electrons. The minimum Gasteiger partial charge on any atom is -0.336 e. The van der Waals surface area contributed by atoms with Crippen molar-refractivity contribution in [3.8, 4) is 0 Å². The van der Waals surface area contributed by atoms with Gasteiger partial charge in [0.15, 0.2) is 0 Å². The molecule has 0 unspecified atom stereocenters. The molecule has 1 aliphatic rings. The van der Waals surface area contributed by atoms with Crippen LogP contribution in [-0.4, -0.2) is 20.5 Å². The predicted molar refractivity (Wildman–Crippen MR) is 102 cm³/mol. The number of fused-ring (bicyclic) bond motifs is 1. The van der Waals surface area contributed by atoms with Crippen molar-refractivity contribution in [2.24, 2.45) is 0 Å². The Morgan fingerprint density at radius 1 is 1.08 bits per heavy atom. The third kappa shape index (κ3) is 3.74. The van der Waals surface area contributed by atoms with E-state index in [0.29, 0.717) is 11.1 Å². The van der Waals surface area contributed by atoms with Gasteiger partial charge >= 0.3 is 0 Å². The van der Waals surface area contributed by atoms with Crippen molar-refractivity contribution in [3.05, 3.63) is 87.9 Å². The smallest absolute Gasteiger partial charge is 0.0946 e. The van der Waals surface area contributed by atoms with Gasteiger partial charge in [0.05, 0.1) is 6.33 Å². The molecule has 0 radical (unpaired) electrons. The van der Waals surface area contributed by atoms with Crippen molar-refractivity contribution in [1.29, 1.82) is 0 Å². The Bertz CT molecular complexity index is 861. The molecule has 1 aliphatic heterocycles. The van der Waals surface area contributed by atoms with Gasteiger partial charge in [0.2, 0.25) is 0 Å². The summed E-state index contributed by atoms with van der Waals surface area (Å²) in [5, 5.41) is 1.40. The molecule has 0 saturated carbocycles. The SMILES string of the molecule is Clc1ccc(CN2Cc3ccccc3C[C@H]2Cn2ccnc2)c(Cl)c1. The summed E-state index contributed by atoms with van der Waals surface area (Å²) in [4.78, 5) is 6.67. The normalized spacial score (nSPS) is 17.4. The summed E-state index contributed by atoms with van der Waals surface area (Å²) >= 11 is 12.5. The van der Waals surface area contributed by atoms with Gasteiger partial charge in [-0.05, 0) is 35.2 Å². The molecule has 0 bridgehead atoms. The molecular formula is C20H19Cl2N3. The largest absolute Gasteiger partial charge is 0.336 e. The molecule has 2 aromatic carbocycles. The van der Waals surface area contributed by atoms with Crippen molar-refractivity contribution in [2.45, 2.75) is 32.1 Å².